The first-order chi connectivity index (χ1) is 13.7. The second-order valence-corrected chi connectivity index (χ2v) is 8.31. The highest BCUT2D eigenvalue weighted by Gasteiger charge is 2.19. The van der Waals surface area contributed by atoms with Crippen LogP contribution >= 0.6 is 0 Å². The van der Waals surface area contributed by atoms with Gasteiger partial charge in [-0.3, -0.25) is 9.59 Å². The third-order valence-electron chi connectivity index (χ3n) is 5.15. The fraction of sp³-hybridized carbons (Fsp3) is 0.565. The molecule has 0 saturated carbocycles. The van der Waals surface area contributed by atoms with Crippen molar-refractivity contribution in [1.29, 1.82) is 0 Å². The van der Waals surface area contributed by atoms with Gasteiger partial charge >= 0.3 is 0 Å². The van der Waals surface area contributed by atoms with Crippen molar-refractivity contribution in [3.05, 3.63) is 47.7 Å². The Morgan fingerprint density at radius 2 is 1.86 bits per heavy atom. The fourth-order valence-electron chi connectivity index (χ4n) is 3.04. The largest absolute Gasteiger partial charge is 0.454 e. The number of aromatic nitrogens is 1. The number of amides is 2. The summed E-state index contributed by atoms with van der Waals surface area (Å²) >= 11 is 0. The zero-order chi connectivity index (χ0) is 21.6. The van der Waals surface area contributed by atoms with Crippen LogP contribution in [-0.2, 0) is 17.9 Å². The molecule has 0 bridgehead atoms. The average Bonchev–Trinajstić information content (AvgIpc) is 3.30. The van der Waals surface area contributed by atoms with Crippen LogP contribution in [0.3, 0.4) is 0 Å². The summed E-state index contributed by atoms with van der Waals surface area (Å²) in [6, 6.07) is 7.63. The van der Waals surface area contributed by atoms with Gasteiger partial charge in [-0.05, 0) is 43.5 Å². The summed E-state index contributed by atoms with van der Waals surface area (Å²) in [5.41, 5.74) is 1.04. The Labute approximate surface area is 174 Å². The zero-order valence-corrected chi connectivity index (χ0v) is 18.6. The van der Waals surface area contributed by atoms with Crippen molar-refractivity contribution in [2.45, 2.75) is 67.1 Å². The smallest absolute Gasteiger partial charge is 0.287 e. The van der Waals surface area contributed by atoms with Gasteiger partial charge in [0.05, 0.1) is 13.1 Å². The molecule has 29 heavy (non-hydrogen) atoms. The quantitative estimate of drug-likeness (QED) is 0.645. The minimum Gasteiger partial charge on any atom is -0.454 e. The van der Waals surface area contributed by atoms with Crippen LogP contribution in [0.15, 0.2) is 34.9 Å². The van der Waals surface area contributed by atoms with Gasteiger partial charge in [0, 0.05) is 30.4 Å². The maximum absolute atomic E-state index is 12.5. The number of carbonyl (C=O) groups excluding carboxylic acids is 2. The molecule has 160 valence electrons. The van der Waals surface area contributed by atoms with Gasteiger partial charge < -0.3 is 19.2 Å². The molecule has 2 aromatic rings. The van der Waals surface area contributed by atoms with Gasteiger partial charge in [0.25, 0.3) is 5.91 Å². The van der Waals surface area contributed by atoms with E-state index in [1.807, 2.05) is 50.1 Å². The lowest BCUT2D eigenvalue weighted by Crippen LogP contribution is -2.35. The monoisotopic (exact) mass is 401 g/mol. The summed E-state index contributed by atoms with van der Waals surface area (Å²) < 4.78 is 7.84. The van der Waals surface area contributed by atoms with E-state index in [1.54, 1.807) is 6.07 Å². The van der Waals surface area contributed by atoms with Gasteiger partial charge in [-0.25, -0.2) is 0 Å². The van der Waals surface area contributed by atoms with E-state index in [9.17, 15) is 9.59 Å². The summed E-state index contributed by atoms with van der Waals surface area (Å²) in [7, 11) is 0. The van der Waals surface area contributed by atoms with Gasteiger partial charge in [0.2, 0.25) is 5.91 Å². The highest BCUT2D eigenvalue weighted by molar-refractivity contribution is 5.91. The summed E-state index contributed by atoms with van der Waals surface area (Å²) in [5, 5.41) is 2.96. The fourth-order valence-corrected chi connectivity index (χ4v) is 3.04. The molecule has 1 N–H and O–H groups in total. The number of furan rings is 1. The molecule has 0 aromatic carbocycles. The average molecular weight is 402 g/mol. The Morgan fingerprint density at radius 3 is 2.48 bits per heavy atom. The molecule has 0 aliphatic rings. The summed E-state index contributed by atoms with van der Waals surface area (Å²) in [5.74, 6) is 1.34. The van der Waals surface area contributed by atoms with Crippen molar-refractivity contribution >= 4 is 11.8 Å². The van der Waals surface area contributed by atoms with Crippen LogP contribution < -0.4 is 5.32 Å². The van der Waals surface area contributed by atoms with Gasteiger partial charge in [0.15, 0.2) is 5.76 Å². The first-order valence-corrected chi connectivity index (χ1v) is 10.5. The molecule has 0 fully saturated rings. The summed E-state index contributed by atoms with van der Waals surface area (Å²) in [4.78, 5) is 26.7. The van der Waals surface area contributed by atoms with Crippen LogP contribution in [0.25, 0.3) is 0 Å². The van der Waals surface area contributed by atoms with Crippen molar-refractivity contribution in [2.75, 3.05) is 6.54 Å². The molecule has 6 heteroatoms. The second-order valence-electron chi connectivity index (χ2n) is 8.31. The third kappa shape index (κ3) is 6.24. The van der Waals surface area contributed by atoms with E-state index in [0.717, 1.165) is 18.7 Å². The maximum atomic E-state index is 12.5. The lowest BCUT2D eigenvalue weighted by Gasteiger charge is -2.24. The first-order valence-electron chi connectivity index (χ1n) is 10.5. The zero-order valence-electron chi connectivity index (χ0n) is 18.6. The normalized spacial score (nSPS) is 12.4. The van der Waals surface area contributed by atoms with Crippen LogP contribution in [0.2, 0.25) is 0 Å². The Balaban J connectivity index is 2.07. The maximum Gasteiger partial charge on any atom is 0.287 e. The van der Waals surface area contributed by atoms with E-state index < -0.39 is 0 Å². The molecule has 0 radical (unpaired) electrons. The van der Waals surface area contributed by atoms with Crippen molar-refractivity contribution in [3.8, 4) is 0 Å². The molecule has 0 spiro atoms. The molecule has 2 heterocycles. The molecule has 1 unspecified atom stereocenters. The van der Waals surface area contributed by atoms with Gasteiger partial charge in [-0.2, -0.15) is 0 Å². The van der Waals surface area contributed by atoms with E-state index in [-0.39, 0.29) is 23.8 Å². The molecular formula is C23H35N3O3. The SMILES string of the molecule is CCCN(Cc1cccn1Cc1ccc(C(=O)NC(C)C(C)C)o1)C(=O)C(C)C. The predicted octanol–water partition coefficient (Wildman–Crippen LogP) is 4.30. The Hall–Kier alpha value is -2.50. The first kappa shape index (κ1) is 22.8. The molecular weight excluding hydrogens is 366 g/mol. The Bertz CT molecular complexity index is 804. The molecule has 2 rings (SSSR count). The van der Waals surface area contributed by atoms with Crippen LogP contribution in [0, 0.1) is 11.8 Å². The van der Waals surface area contributed by atoms with E-state index in [0.29, 0.717) is 30.5 Å². The number of hydrogen-bond donors (Lipinski definition) is 1. The molecule has 6 nitrogen and oxygen atoms in total. The van der Waals surface area contributed by atoms with Crippen LogP contribution in [0.4, 0.5) is 0 Å². The van der Waals surface area contributed by atoms with Crippen molar-refractivity contribution < 1.29 is 14.0 Å². The highest BCUT2D eigenvalue weighted by atomic mass is 16.4. The lowest BCUT2D eigenvalue weighted by molar-refractivity contribution is -0.135. The topological polar surface area (TPSA) is 67.5 Å². The van der Waals surface area contributed by atoms with Crippen molar-refractivity contribution in [3.63, 3.8) is 0 Å². The number of nitrogens with zero attached hydrogens (tertiary/aromatic N) is 2. The molecule has 2 aromatic heterocycles. The number of carbonyl (C=O) groups is 2. The molecule has 0 aliphatic carbocycles. The van der Waals surface area contributed by atoms with E-state index in [2.05, 4.69) is 30.7 Å². The van der Waals surface area contributed by atoms with E-state index in [4.69, 9.17) is 4.42 Å². The third-order valence-corrected chi connectivity index (χ3v) is 5.15. The Morgan fingerprint density at radius 1 is 1.14 bits per heavy atom. The molecule has 0 aliphatic heterocycles. The molecule has 1 atom stereocenters. The molecule has 2 amide bonds. The van der Waals surface area contributed by atoms with Crippen LogP contribution in [-0.4, -0.2) is 33.9 Å². The standard InChI is InChI=1S/C23H35N3O3/c1-7-12-26(23(28)17(4)5)14-19-9-8-13-25(19)15-20-10-11-21(29-20)22(27)24-18(6)16(2)3/h8-11,13,16-18H,7,12,14-15H2,1-6H3,(H,24,27). The highest BCUT2D eigenvalue weighted by Crippen LogP contribution is 2.15. The number of nitrogens with one attached hydrogen (secondary N) is 1. The number of hydrogen-bond acceptors (Lipinski definition) is 3. The summed E-state index contributed by atoms with van der Waals surface area (Å²) in [6.45, 7) is 13.9. The lowest BCUT2D eigenvalue weighted by atomic mass is 10.1. The van der Waals surface area contributed by atoms with Crippen LogP contribution in [0.5, 0.6) is 0 Å². The van der Waals surface area contributed by atoms with E-state index in [1.165, 1.54) is 0 Å². The van der Waals surface area contributed by atoms with Crippen molar-refractivity contribution in [2.24, 2.45) is 11.8 Å². The minimum atomic E-state index is -0.193. The Kier molecular flexibility index (Phi) is 8.11. The second kappa shape index (κ2) is 10.3. The predicted molar refractivity (Wildman–Crippen MR) is 115 cm³/mol. The minimum absolute atomic E-state index is 0.0238. The van der Waals surface area contributed by atoms with E-state index >= 15 is 0 Å². The van der Waals surface area contributed by atoms with Crippen LogP contribution in [0.1, 0.15) is 70.0 Å². The van der Waals surface area contributed by atoms with Gasteiger partial charge in [0.1, 0.15) is 5.76 Å². The number of rotatable bonds is 10. The molecule has 0 saturated heterocycles. The summed E-state index contributed by atoms with van der Waals surface area (Å²) in [6.07, 6.45) is 2.90. The van der Waals surface area contributed by atoms with Gasteiger partial charge in [-0.1, -0.05) is 34.6 Å². The van der Waals surface area contributed by atoms with Crippen molar-refractivity contribution in [1.82, 2.24) is 14.8 Å². The van der Waals surface area contributed by atoms with Gasteiger partial charge in [-0.15, -0.1) is 0 Å².